The van der Waals surface area contributed by atoms with Crippen molar-refractivity contribution in [2.24, 2.45) is 5.41 Å². The molecule has 0 spiro atoms. The summed E-state index contributed by atoms with van der Waals surface area (Å²) in [6.07, 6.45) is 0.763. The van der Waals surface area contributed by atoms with Gasteiger partial charge in [-0.25, -0.2) is 8.42 Å². The van der Waals surface area contributed by atoms with Crippen molar-refractivity contribution >= 4 is 38.9 Å². The molecule has 6 nitrogen and oxygen atoms in total. The van der Waals surface area contributed by atoms with Crippen LogP contribution in [-0.2, 0) is 14.8 Å². The first-order valence-electron chi connectivity index (χ1n) is 9.43. The summed E-state index contributed by atoms with van der Waals surface area (Å²) in [5, 5.41) is 0.341. The first kappa shape index (κ1) is 21.5. The molecule has 3 rings (SSSR count). The van der Waals surface area contributed by atoms with Crippen LogP contribution in [0.4, 0.5) is 11.4 Å². The molecular weight excluding hydrogens is 412 g/mol. The fourth-order valence-electron chi connectivity index (χ4n) is 3.23. The maximum absolute atomic E-state index is 13.0. The summed E-state index contributed by atoms with van der Waals surface area (Å²) < 4.78 is 34.3. The predicted octanol–water partition coefficient (Wildman–Crippen LogP) is 4.61. The number of halogens is 1. The Labute approximate surface area is 176 Å². The van der Waals surface area contributed by atoms with Gasteiger partial charge in [0, 0.05) is 11.6 Å². The minimum absolute atomic E-state index is 0.0520. The molecule has 1 aliphatic rings. The van der Waals surface area contributed by atoms with Gasteiger partial charge in [0.15, 0.2) is 0 Å². The number of anilines is 2. The number of rotatable bonds is 5. The van der Waals surface area contributed by atoms with E-state index in [1.54, 1.807) is 42.2 Å². The molecule has 0 aliphatic carbocycles. The zero-order valence-corrected chi connectivity index (χ0v) is 18.5. The molecule has 0 bridgehead atoms. The smallest absolute Gasteiger partial charge is 0.262 e. The van der Waals surface area contributed by atoms with Gasteiger partial charge in [-0.1, -0.05) is 24.6 Å². The Morgan fingerprint density at radius 3 is 2.62 bits per heavy atom. The molecule has 0 saturated heterocycles. The number of nitrogens with one attached hydrogen (secondary N) is 1. The van der Waals surface area contributed by atoms with Crippen LogP contribution in [0.1, 0.15) is 32.8 Å². The number of benzene rings is 2. The number of amides is 1. The van der Waals surface area contributed by atoms with E-state index in [0.717, 1.165) is 6.42 Å². The van der Waals surface area contributed by atoms with E-state index in [4.69, 9.17) is 16.3 Å². The lowest BCUT2D eigenvalue weighted by atomic mass is 9.93. The number of carbonyl (C=O) groups is 1. The van der Waals surface area contributed by atoms with Gasteiger partial charge in [0.25, 0.3) is 10.0 Å². The number of fused-ring (bicyclic) bond motifs is 1. The van der Waals surface area contributed by atoms with Crippen LogP contribution in [0.5, 0.6) is 5.75 Å². The third kappa shape index (κ3) is 4.36. The molecule has 156 valence electrons. The minimum Gasteiger partial charge on any atom is -0.490 e. The highest BCUT2D eigenvalue weighted by molar-refractivity contribution is 7.92. The number of carbonyl (C=O) groups excluding carboxylic acids is 1. The van der Waals surface area contributed by atoms with Gasteiger partial charge in [-0.3, -0.25) is 9.52 Å². The summed E-state index contributed by atoms with van der Waals surface area (Å²) in [6.45, 7) is 8.15. The fraction of sp³-hybridized carbons (Fsp3) is 0.381. The van der Waals surface area contributed by atoms with Crippen LogP contribution in [0.3, 0.4) is 0 Å². The molecule has 0 unspecified atom stereocenters. The van der Waals surface area contributed by atoms with Gasteiger partial charge in [0.2, 0.25) is 5.91 Å². The van der Waals surface area contributed by atoms with Gasteiger partial charge in [0.05, 0.1) is 21.7 Å². The average molecular weight is 437 g/mol. The summed E-state index contributed by atoms with van der Waals surface area (Å²) in [7, 11) is -3.85. The number of sulfonamides is 1. The van der Waals surface area contributed by atoms with Crippen molar-refractivity contribution in [2.75, 3.05) is 22.8 Å². The largest absolute Gasteiger partial charge is 0.490 e. The van der Waals surface area contributed by atoms with Crippen LogP contribution >= 0.6 is 11.6 Å². The van der Waals surface area contributed by atoms with Crippen molar-refractivity contribution < 1.29 is 17.9 Å². The Balaban J connectivity index is 2.01. The van der Waals surface area contributed by atoms with E-state index >= 15 is 0 Å². The number of hydrogen-bond donors (Lipinski definition) is 1. The number of ether oxygens (including phenoxy) is 1. The first-order chi connectivity index (χ1) is 13.5. The second-order valence-electron chi connectivity index (χ2n) is 7.83. The summed E-state index contributed by atoms with van der Waals surface area (Å²) in [6, 6.07) is 9.68. The maximum Gasteiger partial charge on any atom is 0.262 e. The van der Waals surface area contributed by atoms with E-state index < -0.39 is 15.4 Å². The SMILES string of the molecule is CCCN1C(=O)C(C)(C)COc2ccc(NS(=O)(=O)c3cc(Cl)ccc3C)cc21. The number of nitrogens with zero attached hydrogens (tertiary/aromatic N) is 1. The van der Waals surface area contributed by atoms with Crippen molar-refractivity contribution in [3.05, 3.63) is 47.0 Å². The van der Waals surface area contributed by atoms with Crippen LogP contribution in [-0.4, -0.2) is 27.5 Å². The van der Waals surface area contributed by atoms with Crippen molar-refractivity contribution in [1.82, 2.24) is 0 Å². The van der Waals surface area contributed by atoms with E-state index in [0.29, 0.717) is 34.3 Å². The monoisotopic (exact) mass is 436 g/mol. The molecule has 0 radical (unpaired) electrons. The number of aryl methyl sites for hydroxylation is 1. The van der Waals surface area contributed by atoms with Crippen molar-refractivity contribution in [1.29, 1.82) is 0 Å². The van der Waals surface area contributed by atoms with E-state index in [1.807, 2.05) is 20.8 Å². The van der Waals surface area contributed by atoms with Crippen LogP contribution < -0.4 is 14.4 Å². The Kier molecular flexibility index (Phi) is 5.83. The Morgan fingerprint density at radius 2 is 1.93 bits per heavy atom. The van der Waals surface area contributed by atoms with Crippen LogP contribution in [0.2, 0.25) is 5.02 Å². The molecule has 1 amide bonds. The van der Waals surface area contributed by atoms with Crippen LogP contribution in [0.25, 0.3) is 0 Å². The van der Waals surface area contributed by atoms with Gasteiger partial charge < -0.3 is 9.64 Å². The summed E-state index contributed by atoms with van der Waals surface area (Å²) in [5.41, 5.74) is 0.821. The second kappa shape index (κ2) is 7.88. The van der Waals surface area contributed by atoms with Crippen molar-refractivity contribution in [3.63, 3.8) is 0 Å². The van der Waals surface area contributed by atoms with Gasteiger partial charge in [-0.2, -0.15) is 0 Å². The van der Waals surface area contributed by atoms with Gasteiger partial charge in [-0.15, -0.1) is 0 Å². The maximum atomic E-state index is 13.0. The molecule has 2 aromatic rings. The molecule has 0 aromatic heterocycles. The Bertz CT molecular complexity index is 1050. The van der Waals surface area contributed by atoms with E-state index in [9.17, 15) is 13.2 Å². The quantitative estimate of drug-likeness (QED) is 0.742. The Hall–Kier alpha value is -2.25. The molecule has 0 atom stereocenters. The topological polar surface area (TPSA) is 75.7 Å². The lowest BCUT2D eigenvalue weighted by Gasteiger charge is -2.28. The van der Waals surface area contributed by atoms with E-state index in [2.05, 4.69) is 4.72 Å². The molecule has 8 heteroatoms. The van der Waals surface area contributed by atoms with Crippen molar-refractivity contribution in [3.8, 4) is 5.75 Å². The second-order valence-corrected chi connectivity index (χ2v) is 9.91. The third-order valence-electron chi connectivity index (χ3n) is 4.80. The highest BCUT2D eigenvalue weighted by atomic mass is 35.5. The first-order valence-corrected chi connectivity index (χ1v) is 11.3. The van der Waals surface area contributed by atoms with Gasteiger partial charge in [0.1, 0.15) is 12.4 Å². The molecular formula is C21H25ClN2O4S. The predicted molar refractivity (Wildman–Crippen MR) is 115 cm³/mol. The third-order valence-corrected chi connectivity index (χ3v) is 6.56. The van der Waals surface area contributed by atoms with Gasteiger partial charge >= 0.3 is 0 Å². The Morgan fingerprint density at radius 1 is 1.21 bits per heavy atom. The molecule has 0 fully saturated rings. The van der Waals surface area contributed by atoms with E-state index in [1.165, 1.54) is 6.07 Å². The fourth-order valence-corrected chi connectivity index (χ4v) is 4.79. The molecule has 1 aliphatic heterocycles. The summed E-state index contributed by atoms with van der Waals surface area (Å²) in [5.74, 6) is 0.503. The molecule has 2 aromatic carbocycles. The van der Waals surface area contributed by atoms with Crippen LogP contribution in [0, 0.1) is 12.3 Å². The standard InChI is InChI=1S/C21H25ClN2O4S/c1-5-10-24-17-12-16(8-9-18(17)28-13-21(3,4)20(24)25)23-29(26,27)19-11-15(22)7-6-14(19)2/h6-9,11-12,23H,5,10,13H2,1-4H3. The average Bonchev–Trinajstić information content (AvgIpc) is 2.74. The molecule has 0 saturated carbocycles. The molecule has 29 heavy (non-hydrogen) atoms. The molecule has 1 heterocycles. The lowest BCUT2D eigenvalue weighted by Crippen LogP contribution is -2.42. The zero-order valence-electron chi connectivity index (χ0n) is 17.0. The number of hydrogen-bond acceptors (Lipinski definition) is 4. The highest BCUT2D eigenvalue weighted by Gasteiger charge is 2.37. The van der Waals surface area contributed by atoms with Gasteiger partial charge in [-0.05, 0) is 63.1 Å². The lowest BCUT2D eigenvalue weighted by molar-refractivity contribution is -0.127. The minimum atomic E-state index is -3.85. The highest BCUT2D eigenvalue weighted by Crippen LogP contribution is 2.38. The normalized spacial score (nSPS) is 16.0. The molecule has 1 N–H and O–H groups in total. The summed E-state index contributed by atoms with van der Waals surface area (Å²) >= 11 is 5.98. The van der Waals surface area contributed by atoms with E-state index in [-0.39, 0.29) is 17.4 Å². The van der Waals surface area contributed by atoms with Crippen LogP contribution in [0.15, 0.2) is 41.3 Å². The summed E-state index contributed by atoms with van der Waals surface area (Å²) in [4.78, 5) is 14.8. The zero-order chi connectivity index (χ0) is 21.4. The van der Waals surface area contributed by atoms with Crippen molar-refractivity contribution in [2.45, 2.75) is 39.0 Å².